The lowest BCUT2D eigenvalue weighted by atomic mass is 9.81. The molecule has 5 heteroatoms. The Bertz CT molecular complexity index is 461. The third kappa shape index (κ3) is 4.05. The van der Waals surface area contributed by atoms with Crippen LogP contribution < -0.4 is 5.32 Å². The van der Waals surface area contributed by atoms with Crippen molar-refractivity contribution < 1.29 is 14.7 Å². The van der Waals surface area contributed by atoms with Crippen molar-refractivity contribution in [2.75, 3.05) is 6.54 Å². The second kappa shape index (κ2) is 7.03. The number of carbonyl (C=O) groups is 2. The first-order chi connectivity index (χ1) is 9.66. The number of hydrogen-bond donors (Lipinski definition) is 2. The summed E-state index contributed by atoms with van der Waals surface area (Å²) in [6.07, 6.45) is 7.01. The van der Waals surface area contributed by atoms with Crippen LogP contribution in [-0.4, -0.2) is 28.5 Å². The fourth-order valence-corrected chi connectivity index (χ4v) is 2.67. The molecule has 1 aliphatic carbocycles. The van der Waals surface area contributed by atoms with Crippen molar-refractivity contribution in [1.82, 2.24) is 10.3 Å². The van der Waals surface area contributed by atoms with Crippen molar-refractivity contribution in [2.45, 2.75) is 32.1 Å². The number of aliphatic carboxylic acids is 1. The molecule has 0 spiro atoms. The highest BCUT2D eigenvalue weighted by molar-refractivity contribution is 5.80. The summed E-state index contributed by atoms with van der Waals surface area (Å²) in [6.45, 7) is 0.568. The number of carboxylic acid groups (broad SMARTS) is 1. The number of rotatable bonds is 5. The van der Waals surface area contributed by atoms with Crippen LogP contribution in [0.3, 0.4) is 0 Å². The average Bonchev–Trinajstić information content (AvgIpc) is 2.48. The van der Waals surface area contributed by atoms with E-state index in [0.29, 0.717) is 19.4 Å². The van der Waals surface area contributed by atoms with E-state index in [4.69, 9.17) is 5.11 Å². The van der Waals surface area contributed by atoms with Crippen molar-refractivity contribution in [3.63, 3.8) is 0 Å². The molecule has 20 heavy (non-hydrogen) atoms. The maximum Gasteiger partial charge on any atom is 0.306 e. The Kier molecular flexibility index (Phi) is 5.09. The van der Waals surface area contributed by atoms with E-state index >= 15 is 0 Å². The molecule has 2 rings (SSSR count). The third-order valence-electron chi connectivity index (χ3n) is 3.83. The van der Waals surface area contributed by atoms with Crippen LogP contribution in [0, 0.1) is 11.8 Å². The molecule has 2 N–H and O–H groups in total. The third-order valence-corrected chi connectivity index (χ3v) is 3.83. The van der Waals surface area contributed by atoms with Crippen LogP contribution in [0.1, 0.15) is 31.2 Å². The Morgan fingerprint density at radius 3 is 2.85 bits per heavy atom. The molecule has 108 valence electrons. The van der Waals surface area contributed by atoms with E-state index in [9.17, 15) is 9.59 Å². The molecule has 0 bridgehead atoms. The topological polar surface area (TPSA) is 79.3 Å². The Labute approximate surface area is 118 Å². The van der Waals surface area contributed by atoms with Gasteiger partial charge in [0.2, 0.25) is 5.91 Å². The summed E-state index contributed by atoms with van der Waals surface area (Å²) in [4.78, 5) is 27.0. The van der Waals surface area contributed by atoms with Gasteiger partial charge in [0, 0.05) is 24.9 Å². The molecule has 1 aliphatic rings. The molecule has 1 amide bonds. The highest BCUT2D eigenvalue weighted by Crippen LogP contribution is 2.29. The van der Waals surface area contributed by atoms with Gasteiger partial charge in [0.1, 0.15) is 0 Å². The van der Waals surface area contributed by atoms with Crippen molar-refractivity contribution in [3.05, 3.63) is 30.1 Å². The largest absolute Gasteiger partial charge is 0.481 e. The van der Waals surface area contributed by atoms with Gasteiger partial charge in [-0.1, -0.05) is 12.5 Å². The lowest BCUT2D eigenvalue weighted by molar-refractivity contribution is -0.144. The second-order valence-corrected chi connectivity index (χ2v) is 5.30. The maximum atomic E-state index is 12.0. The van der Waals surface area contributed by atoms with Gasteiger partial charge < -0.3 is 10.4 Å². The van der Waals surface area contributed by atoms with Crippen molar-refractivity contribution in [1.29, 1.82) is 0 Å². The maximum absolute atomic E-state index is 12.0. The van der Waals surface area contributed by atoms with Gasteiger partial charge in [-0.2, -0.15) is 0 Å². The number of pyridine rings is 1. The molecule has 0 radical (unpaired) electrons. The highest BCUT2D eigenvalue weighted by atomic mass is 16.4. The SMILES string of the molecule is O=C(O)C1CCCC(C(=O)NCCc2cccnc2)C1. The lowest BCUT2D eigenvalue weighted by Gasteiger charge is -2.25. The first kappa shape index (κ1) is 14.5. The number of hydrogen-bond acceptors (Lipinski definition) is 3. The molecule has 1 saturated carbocycles. The average molecular weight is 276 g/mol. The molecule has 5 nitrogen and oxygen atoms in total. The van der Waals surface area contributed by atoms with E-state index in [1.165, 1.54) is 0 Å². The van der Waals surface area contributed by atoms with Crippen LogP contribution in [0.5, 0.6) is 0 Å². The molecular weight excluding hydrogens is 256 g/mol. The van der Waals surface area contributed by atoms with Crippen LogP contribution in [0.15, 0.2) is 24.5 Å². The van der Waals surface area contributed by atoms with E-state index in [1.807, 2.05) is 12.1 Å². The van der Waals surface area contributed by atoms with Crippen molar-refractivity contribution in [3.8, 4) is 0 Å². The number of nitrogens with one attached hydrogen (secondary N) is 1. The van der Waals surface area contributed by atoms with Crippen LogP contribution >= 0.6 is 0 Å². The normalized spacial score (nSPS) is 22.2. The Hall–Kier alpha value is -1.91. The fraction of sp³-hybridized carbons (Fsp3) is 0.533. The zero-order valence-electron chi connectivity index (χ0n) is 11.4. The molecule has 0 aliphatic heterocycles. The zero-order chi connectivity index (χ0) is 14.4. The van der Waals surface area contributed by atoms with Crippen LogP contribution in [0.25, 0.3) is 0 Å². The summed E-state index contributed by atoms with van der Waals surface area (Å²) in [6, 6.07) is 3.84. The van der Waals surface area contributed by atoms with Crippen LogP contribution in [0.4, 0.5) is 0 Å². The van der Waals surface area contributed by atoms with E-state index in [-0.39, 0.29) is 17.7 Å². The summed E-state index contributed by atoms with van der Waals surface area (Å²) >= 11 is 0. The number of nitrogens with zero attached hydrogens (tertiary/aromatic N) is 1. The van der Waals surface area contributed by atoms with Crippen LogP contribution in [-0.2, 0) is 16.0 Å². The number of aromatic nitrogens is 1. The fourth-order valence-electron chi connectivity index (χ4n) is 2.67. The molecular formula is C15H20N2O3. The summed E-state index contributed by atoms with van der Waals surface area (Å²) in [5.74, 6) is -1.31. The lowest BCUT2D eigenvalue weighted by Crippen LogP contribution is -2.36. The smallest absolute Gasteiger partial charge is 0.306 e. The molecule has 1 fully saturated rings. The first-order valence-corrected chi connectivity index (χ1v) is 7.06. The van der Waals surface area contributed by atoms with Gasteiger partial charge in [-0.05, 0) is 37.3 Å². The van der Waals surface area contributed by atoms with E-state index in [1.54, 1.807) is 12.4 Å². The first-order valence-electron chi connectivity index (χ1n) is 7.06. The Morgan fingerprint density at radius 2 is 2.15 bits per heavy atom. The quantitative estimate of drug-likeness (QED) is 0.856. The molecule has 1 aromatic heterocycles. The van der Waals surface area contributed by atoms with Crippen LogP contribution in [0.2, 0.25) is 0 Å². The number of carboxylic acids is 1. The van der Waals surface area contributed by atoms with Gasteiger partial charge in [-0.15, -0.1) is 0 Å². The predicted octanol–water partition coefficient (Wildman–Crippen LogP) is 1.63. The van der Waals surface area contributed by atoms with Crippen molar-refractivity contribution >= 4 is 11.9 Å². The second-order valence-electron chi connectivity index (χ2n) is 5.30. The minimum absolute atomic E-state index is 0.0140. The molecule has 0 aromatic carbocycles. The number of amides is 1. The summed E-state index contributed by atoms with van der Waals surface area (Å²) in [5.41, 5.74) is 1.08. The zero-order valence-corrected chi connectivity index (χ0v) is 11.4. The summed E-state index contributed by atoms with van der Waals surface area (Å²) in [5, 5.41) is 11.9. The van der Waals surface area contributed by atoms with Gasteiger partial charge in [0.05, 0.1) is 5.92 Å². The minimum atomic E-state index is -0.780. The van der Waals surface area contributed by atoms with Gasteiger partial charge in [-0.25, -0.2) is 0 Å². The van der Waals surface area contributed by atoms with E-state index < -0.39 is 5.97 Å². The number of carbonyl (C=O) groups excluding carboxylic acids is 1. The van der Waals surface area contributed by atoms with Crippen molar-refractivity contribution in [2.24, 2.45) is 11.8 Å². The van der Waals surface area contributed by atoms with E-state index in [0.717, 1.165) is 24.8 Å². The molecule has 2 unspecified atom stereocenters. The van der Waals surface area contributed by atoms with Gasteiger partial charge >= 0.3 is 5.97 Å². The minimum Gasteiger partial charge on any atom is -0.481 e. The molecule has 1 heterocycles. The van der Waals surface area contributed by atoms with Gasteiger partial charge in [0.25, 0.3) is 0 Å². The monoisotopic (exact) mass is 276 g/mol. The van der Waals surface area contributed by atoms with Gasteiger partial charge in [0.15, 0.2) is 0 Å². The standard InChI is InChI=1S/C15H20N2O3/c18-14(12-4-1-5-13(9-12)15(19)20)17-8-6-11-3-2-7-16-10-11/h2-3,7,10,12-13H,1,4-6,8-9H2,(H,17,18)(H,19,20). The molecule has 0 saturated heterocycles. The highest BCUT2D eigenvalue weighted by Gasteiger charge is 2.30. The Balaban J connectivity index is 1.75. The summed E-state index contributed by atoms with van der Waals surface area (Å²) < 4.78 is 0. The Morgan fingerprint density at radius 1 is 1.35 bits per heavy atom. The molecule has 1 aromatic rings. The van der Waals surface area contributed by atoms with E-state index in [2.05, 4.69) is 10.3 Å². The van der Waals surface area contributed by atoms with Gasteiger partial charge in [-0.3, -0.25) is 14.6 Å². The molecule has 2 atom stereocenters. The summed E-state index contributed by atoms with van der Waals surface area (Å²) in [7, 11) is 0. The predicted molar refractivity (Wildman–Crippen MR) is 74.0 cm³/mol.